The zero-order valence-corrected chi connectivity index (χ0v) is 12.4. The first-order valence-corrected chi connectivity index (χ1v) is 7.32. The minimum absolute atomic E-state index is 0.188. The quantitative estimate of drug-likeness (QED) is 0.941. The third kappa shape index (κ3) is 2.87. The highest BCUT2D eigenvalue weighted by Crippen LogP contribution is 2.17. The molecule has 0 bridgehead atoms. The molecule has 1 aliphatic rings. The number of hydrogen-bond donors (Lipinski definition) is 1. The molecule has 5 nitrogen and oxygen atoms in total. The topological polar surface area (TPSA) is 56.1 Å². The lowest BCUT2D eigenvalue weighted by atomic mass is 10.1. The van der Waals surface area contributed by atoms with Gasteiger partial charge in [-0.25, -0.2) is 9.07 Å². The Kier molecular flexibility index (Phi) is 4.20. The van der Waals surface area contributed by atoms with E-state index in [1.165, 1.54) is 16.9 Å². The van der Waals surface area contributed by atoms with Gasteiger partial charge in [-0.3, -0.25) is 4.79 Å². The number of nitrogens with zero attached hydrogens (tertiary/aromatic N) is 2. The van der Waals surface area contributed by atoms with E-state index in [1.54, 1.807) is 25.1 Å². The van der Waals surface area contributed by atoms with Crippen molar-refractivity contribution >= 4 is 5.91 Å². The summed E-state index contributed by atoms with van der Waals surface area (Å²) < 4.78 is 20.6. The summed E-state index contributed by atoms with van der Waals surface area (Å²) >= 11 is 0. The second kappa shape index (κ2) is 6.27. The normalized spacial score (nSPS) is 17.6. The van der Waals surface area contributed by atoms with E-state index in [2.05, 4.69) is 10.4 Å². The fraction of sp³-hybridized carbons (Fsp3) is 0.375. The molecule has 116 valence electrons. The van der Waals surface area contributed by atoms with Crippen molar-refractivity contribution in [1.82, 2.24) is 15.1 Å². The van der Waals surface area contributed by atoms with Gasteiger partial charge in [0, 0.05) is 19.1 Å². The van der Waals surface area contributed by atoms with Gasteiger partial charge in [0.05, 0.1) is 24.1 Å². The molecule has 2 aromatic rings. The van der Waals surface area contributed by atoms with Crippen molar-refractivity contribution in [2.75, 3.05) is 19.8 Å². The standard InChI is InChI=1S/C16H18FN3O2/c1-11-13(16(21)18-8-12-6-7-22-10-12)9-19-20(11)15-5-3-2-4-14(15)17/h2-5,9,12H,6-8,10H2,1H3,(H,18,21)/t12-/m0/s1. The summed E-state index contributed by atoms with van der Waals surface area (Å²) in [5.41, 5.74) is 1.41. The molecule has 6 heteroatoms. The third-order valence-corrected chi connectivity index (χ3v) is 3.91. The number of benzene rings is 1. The van der Waals surface area contributed by atoms with E-state index >= 15 is 0 Å². The van der Waals surface area contributed by atoms with Crippen molar-refractivity contribution in [2.24, 2.45) is 5.92 Å². The number of hydrogen-bond acceptors (Lipinski definition) is 3. The molecule has 1 saturated heterocycles. The van der Waals surface area contributed by atoms with Crippen molar-refractivity contribution in [3.63, 3.8) is 0 Å². The van der Waals surface area contributed by atoms with Gasteiger partial charge >= 0.3 is 0 Å². The molecule has 1 atom stereocenters. The maximum atomic E-state index is 13.8. The Labute approximate surface area is 128 Å². The Balaban J connectivity index is 1.75. The lowest BCUT2D eigenvalue weighted by Gasteiger charge is -2.10. The number of nitrogens with one attached hydrogen (secondary N) is 1. The van der Waals surface area contributed by atoms with Crippen LogP contribution in [0.15, 0.2) is 30.5 Å². The molecular formula is C16H18FN3O2. The minimum atomic E-state index is -0.372. The van der Waals surface area contributed by atoms with Crippen molar-refractivity contribution in [2.45, 2.75) is 13.3 Å². The summed E-state index contributed by atoms with van der Waals surface area (Å²) in [6, 6.07) is 6.36. The van der Waals surface area contributed by atoms with Crippen LogP contribution in [-0.2, 0) is 4.74 Å². The van der Waals surface area contributed by atoms with E-state index in [1.807, 2.05) is 0 Å². The van der Waals surface area contributed by atoms with Crippen LogP contribution in [0.3, 0.4) is 0 Å². The van der Waals surface area contributed by atoms with Gasteiger partial charge in [-0.1, -0.05) is 12.1 Å². The van der Waals surface area contributed by atoms with E-state index < -0.39 is 0 Å². The summed E-state index contributed by atoms with van der Waals surface area (Å²) in [6.45, 7) is 3.79. The molecule has 1 fully saturated rings. The maximum Gasteiger partial charge on any atom is 0.254 e. The fourth-order valence-corrected chi connectivity index (χ4v) is 2.58. The van der Waals surface area contributed by atoms with Crippen molar-refractivity contribution in [1.29, 1.82) is 0 Å². The van der Waals surface area contributed by atoms with Gasteiger partial charge < -0.3 is 10.1 Å². The van der Waals surface area contributed by atoms with E-state index in [0.717, 1.165) is 13.0 Å². The van der Waals surface area contributed by atoms with E-state index in [0.29, 0.717) is 36.0 Å². The SMILES string of the molecule is Cc1c(C(=O)NC[C@@H]2CCOC2)cnn1-c1ccccc1F. The van der Waals surface area contributed by atoms with Gasteiger partial charge in [-0.05, 0) is 25.5 Å². The monoisotopic (exact) mass is 303 g/mol. The molecule has 0 radical (unpaired) electrons. The van der Waals surface area contributed by atoms with E-state index in [9.17, 15) is 9.18 Å². The Morgan fingerprint density at radius 3 is 3.05 bits per heavy atom. The Morgan fingerprint density at radius 1 is 1.50 bits per heavy atom. The average molecular weight is 303 g/mol. The van der Waals surface area contributed by atoms with E-state index in [4.69, 9.17) is 4.74 Å². The summed E-state index contributed by atoms with van der Waals surface area (Å²) in [7, 11) is 0. The summed E-state index contributed by atoms with van der Waals surface area (Å²) in [6.07, 6.45) is 2.44. The predicted molar refractivity (Wildman–Crippen MR) is 79.5 cm³/mol. The van der Waals surface area contributed by atoms with Crippen molar-refractivity contribution < 1.29 is 13.9 Å². The third-order valence-electron chi connectivity index (χ3n) is 3.91. The number of rotatable bonds is 4. The summed E-state index contributed by atoms with van der Waals surface area (Å²) in [4.78, 5) is 12.3. The smallest absolute Gasteiger partial charge is 0.254 e. The second-order valence-electron chi connectivity index (χ2n) is 5.45. The number of carbonyl (C=O) groups excluding carboxylic acids is 1. The van der Waals surface area contributed by atoms with Gasteiger partial charge in [-0.15, -0.1) is 0 Å². The first-order valence-electron chi connectivity index (χ1n) is 7.32. The molecule has 1 aromatic heterocycles. The van der Waals surface area contributed by atoms with Crippen molar-refractivity contribution in [3.05, 3.63) is 47.5 Å². The van der Waals surface area contributed by atoms with Gasteiger partial charge in [0.25, 0.3) is 5.91 Å². The molecule has 1 amide bonds. The number of carbonyl (C=O) groups is 1. The maximum absolute atomic E-state index is 13.8. The van der Waals surface area contributed by atoms with Gasteiger partial charge in [0.2, 0.25) is 0 Å². The van der Waals surface area contributed by atoms with Crippen LogP contribution < -0.4 is 5.32 Å². The van der Waals surface area contributed by atoms with Crippen LogP contribution in [0, 0.1) is 18.7 Å². The number of aromatic nitrogens is 2. The lowest BCUT2D eigenvalue weighted by Crippen LogP contribution is -2.29. The average Bonchev–Trinajstić information content (AvgIpc) is 3.15. The van der Waals surface area contributed by atoms with Crippen LogP contribution in [-0.4, -0.2) is 35.4 Å². The molecule has 2 heterocycles. The predicted octanol–water partition coefficient (Wildman–Crippen LogP) is 2.09. The highest BCUT2D eigenvalue weighted by atomic mass is 19.1. The van der Waals surface area contributed by atoms with E-state index in [-0.39, 0.29) is 11.7 Å². The first kappa shape index (κ1) is 14.7. The highest BCUT2D eigenvalue weighted by molar-refractivity contribution is 5.95. The first-order chi connectivity index (χ1) is 10.7. The molecule has 1 aliphatic heterocycles. The molecule has 1 N–H and O–H groups in total. The van der Waals surface area contributed by atoms with Crippen LogP contribution in [0.1, 0.15) is 22.5 Å². The summed E-state index contributed by atoms with van der Waals surface area (Å²) in [5, 5.41) is 7.03. The highest BCUT2D eigenvalue weighted by Gasteiger charge is 2.20. The molecule has 0 saturated carbocycles. The second-order valence-corrected chi connectivity index (χ2v) is 5.45. The number of ether oxygens (including phenoxy) is 1. The molecule has 0 aliphatic carbocycles. The van der Waals surface area contributed by atoms with Gasteiger partial charge in [-0.2, -0.15) is 5.10 Å². The van der Waals surface area contributed by atoms with Gasteiger partial charge in [0.1, 0.15) is 11.5 Å². The van der Waals surface area contributed by atoms with Crippen molar-refractivity contribution in [3.8, 4) is 5.69 Å². The number of halogens is 1. The Morgan fingerprint density at radius 2 is 2.32 bits per heavy atom. The Bertz CT molecular complexity index is 678. The van der Waals surface area contributed by atoms with Crippen LogP contribution in [0.5, 0.6) is 0 Å². The number of para-hydroxylation sites is 1. The van der Waals surface area contributed by atoms with Crippen LogP contribution >= 0.6 is 0 Å². The zero-order chi connectivity index (χ0) is 15.5. The van der Waals surface area contributed by atoms with Gasteiger partial charge in [0.15, 0.2) is 0 Å². The van der Waals surface area contributed by atoms with Crippen LogP contribution in [0.4, 0.5) is 4.39 Å². The van der Waals surface area contributed by atoms with Crippen LogP contribution in [0.2, 0.25) is 0 Å². The molecule has 3 rings (SSSR count). The summed E-state index contributed by atoms with van der Waals surface area (Å²) in [5.74, 6) is -0.193. The largest absolute Gasteiger partial charge is 0.381 e. The molecule has 0 spiro atoms. The molecule has 1 aromatic carbocycles. The molecule has 0 unspecified atom stereocenters. The lowest BCUT2D eigenvalue weighted by molar-refractivity contribution is 0.0944. The minimum Gasteiger partial charge on any atom is -0.381 e. The zero-order valence-electron chi connectivity index (χ0n) is 12.4. The van der Waals surface area contributed by atoms with Crippen LogP contribution in [0.25, 0.3) is 5.69 Å². The fourth-order valence-electron chi connectivity index (χ4n) is 2.58. The molecule has 22 heavy (non-hydrogen) atoms. The Hall–Kier alpha value is -2.21. The number of amides is 1. The molecular weight excluding hydrogens is 285 g/mol.